The van der Waals surface area contributed by atoms with Crippen LogP contribution in [0.25, 0.3) is 11.3 Å². The summed E-state index contributed by atoms with van der Waals surface area (Å²) in [5.41, 5.74) is 4.56. The van der Waals surface area contributed by atoms with Crippen molar-refractivity contribution in [2.45, 2.75) is 19.5 Å². The molecular formula is C25H24ClFN4O. The molecule has 32 heavy (non-hydrogen) atoms. The van der Waals surface area contributed by atoms with Crippen molar-refractivity contribution in [1.29, 1.82) is 0 Å². The number of hydrogen-bond donors (Lipinski definition) is 1. The number of ether oxygens (including phenoxy) is 1. The molecule has 0 aliphatic heterocycles. The molecule has 0 radical (unpaired) electrons. The van der Waals surface area contributed by atoms with E-state index < -0.39 is 0 Å². The fourth-order valence-corrected chi connectivity index (χ4v) is 3.76. The summed E-state index contributed by atoms with van der Waals surface area (Å²) in [5, 5.41) is 13.2. The Labute approximate surface area is 191 Å². The minimum atomic E-state index is -0.364. The second-order valence-corrected chi connectivity index (χ2v) is 7.77. The van der Waals surface area contributed by atoms with Gasteiger partial charge in [0.15, 0.2) is 0 Å². The number of para-hydroxylation sites is 1. The second kappa shape index (κ2) is 10.4. The fraction of sp³-hybridized carbons (Fsp3) is 0.200. The van der Waals surface area contributed by atoms with Crippen molar-refractivity contribution in [3.8, 4) is 17.0 Å². The van der Waals surface area contributed by atoms with Crippen LogP contribution in [0, 0.1) is 5.82 Å². The van der Waals surface area contributed by atoms with Gasteiger partial charge in [-0.1, -0.05) is 66.2 Å². The number of methoxy groups -OCH3 is 1. The van der Waals surface area contributed by atoms with Gasteiger partial charge in [0.05, 0.1) is 13.7 Å². The van der Waals surface area contributed by atoms with Crippen LogP contribution >= 0.6 is 11.6 Å². The van der Waals surface area contributed by atoms with Crippen molar-refractivity contribution < 1.29 is 9.13 Å². The van der Waals surface area contributed by atoms with Crippen LogP contribution in [0.4, 0.5) is 4.39 Å². The first kappa shape index (κ1) is 22.0. The molecule has 0 bridgehead atoms. The van der Waals surface area contributed by atoms with Gasteiger partial charge in [0, 0.05) is 17.1 Å². The van der Waals surface area contributed by atoms with Crippen molar-refractivity contribution >= 4 is 11.6 Å². The minimum Gasteiger partial charge on any atom is -0.496 e. The molecule has 164 valence electrons. The Morgan fingerprint density at radius 1 is 0.969 bits per heavy atom. The highest BCUT2D eigenvalue weighted by molar-refractivity contribution is 6.31. The Hall–Kier alpha value is -3.22. The van der Waals surface area contributed by atoms with Gasteiger partial charge >= 0.3 is 0 Å². The zero-order valence-corrected chi connectivity index (χ0v) is 18.5. The fourth-order valence-electron chi connectivity index (χ4n) is 3.53. The summed E-state index contributed by atoms with van der Waals surface area (Å²) in [4.78, 5) is 1.61. The molecule has 0 unspecified atom stereocenters. The van der Waals surface area contributed by atoms with Gasteiger partial charge < -0.3 is 10.1 Å². The van der Waals surface area contributed by atoms with Crippen LogP contribution in [0.5, 0.6) is 5.75 Å². The predicted octanol–water partition coefficient (Wildman–Crippen LogP) is 5.13. The molecule has 1 N–H and O–H groups in total. The Morgan fingerprint density at radius 3 is 2.53 bits per heavy atom. The van der Waals surface area contributed by atoms with Gasteiger partial charge in [-0.2, -0.15) is 15.0 Å². The van der Waals surface area contributed by atoms with Crippen molar-refractivity contribution in [2.24, 2.45) is 0 Å². The average Bonchev–Trinajstić information content (AvgIpc) is 3.22. The number of benzene rings is 3. The Balaban J connectivity index is 1.49. The van der Waals surface area contributed by atoms with E-state index in [4.69, 9.17) is 21.4 Å². The van der Waals surface area contributed by atoms with E-state index in [0.717, 1.165) is 46.8 Å². The average molecular weight is 451 g/mol. The number of rotatable bonds is 9. The van der Waals surface area contributed by atoms with Gasteiger partial charge in [0.2, 0.25) is 0 Å². The summed E-state index contributed by atoms with van der Waals surface area (Å²) >= 11 is 6.20. The van der Waals surface area contributed by atoms with E-state index in [1.54, 1.807) is 18.0 Å². The quantitative estimate of drug-likeness (QED) is 0.359. The summed E-state index contributed by atoms with van der Waals surface area (Å²) in [6.07, 6.45) is 0.837. The third-order valence-electron chi connectivity index (χ3n) is 5.16. The van der Waals surface area contributed by atoms with E-state index in [2.05, 4.69) is 16.5 Å². The Morgan fingerprint density at radius 2 is 1.75 bits per heavy atom. The Kier molecular flexibility index (Phi) is 7.14. The molecule has 3 aromatic carbocycles. The van der Waals surface area contributed by atoms with Crippen molar-refractivity contribution in [1.82, 2.24) is 20.3 Å². The molecule has 0 saturated heterocycles. The molecule has 1 heterocycles. The number of nitrogens with one attached hydrogen (secondary N) is 1. The smallest absolute Gasteiger partial charge is 0.124 e. The van der Waals surface area contributed by atoms with E-state index in [-0.39, 0.29) is 5.82 Å². The molecule has 4 rings (SSSR count). The van der Waals surface area contributed by atoms with Gasteiger partial charge in [-0.25, -0.2) is 4.39 Å². The molecule has 0 amide bonds. The predicted molar refractivity (Wildman–Crippen MR) is 124 cm³/mol. The van der Waals surface area contributed by atoms with E-state index in [9.17, 15) is 4.39 Å². The molecule has 4 aromatic rings. The largest absolute Gasteiger partial charge is 0.496 e. The number of nitrogens with zero attached hydrogens (tertiary/aromatic N) is 3. The second-order valence-electron chi connectivity index (χ2n) is 7.37. The standard InChI is InChI=1S/C25H24ClFN4O/c1-32-24-10-6-5-7-18(24)13-14-28-16-23-25(19-8-3-2-4-9-19)30-31(29-23)17-20-11-12-21(27)15-22(20)26/h2-12,15,28H,13-14,16-17H2,1H3. The third kappa shape index (κ3) is 5.33. The molecule has 7 heteroatoms. The normalized spacial score (nSPS) is 11.0. The zero-order chi connectivity index (χ0) is 22.3. The summed E-state index contributed by atoms with van der Waals surface area (Å²) < 4.78 is 18.8. The van der Waals surface area contributed by atoms with E-state index in [1.165, 1.54) is 12.1 Å². The van der Waals surface area contributed by atoms with Crippen LogP contribution in [0.1, 0.15) is 16.8 Å². The highest BCUT2D eigenvalue weighted by Gasteiger charge is 2.14. The monoisotopic (exact) mass is 450 g/mol. The number of hydrogen-bond acceptors (Lipinski definition) is 4. The summed E-state index contributed by atoms with van der Waals surface area (Å²) in [5.74, 6) is 0.526. The van der Waals surface area contributed by atoms with Gasteiger partial charge in [-0.05, 0) is 42.3 Å². The molecule has 1 aromatic heterocycles. The minimum absolute atomic E-state index is 0.361. The molecule has 5 nitrogen and oxygen atoms in total. The van der Waals surface area contributed by atoms with E-state index in [0.29, 0.717) is 18.1 Å². The maximum Gasteiger partial charge on any atom is 0.124 e. The van der Waals surface area contributed by atoms with Gasteiger partial charge in [0.25, 0.3) is 0 Å². The molecule has 0 aliphatic carbocycles. The number of aromatic nitrogens is 3. The number of halogens is 2. The third-order valence-corrected chi connectivity index (χ3v) is 5.51. The summed E-state index contributed by atoms with van der Waals surface area (Å²) in [6, 6.07) is 22.3. The summed E-state index contributed by atoms with van der Waals surface area (Å²) in [6.45, 7) is 1.70. The molecule has 0 saturated carbocycles. The topological polar surface area (TPSA) is 52.0 Å². The van der Waals surface area contributed by atoms with Gasteiger partial charge in [-0.3, -0.25) is 0 Å². The lowest BCUT2D eigenvalue weighted by Crippen LogP contribution is -2.18. The van der Waals surface area contributed by atoms with Crippen LogP contribution in [0.2, 0.25) is 5.02 Å². The first-order valence-electron chi connectivity index (χ1n) is 10.4. The van der Waals surface area contributed by atoms with E-state index >= 15 is 0 Å². The van der Waals surface area contributed by atoms with Gasteiger partial charge in [0.1, 0.15) is 23.0 Å². The zero-order valence-electron chi connectivity index (χ0n) is 17.8. The molecular weight excluding hydrogens is 427 g/mol. The maximum absolute atomic E-state index is 13.4. The maximum atomic E-state index is 13.4. The first-order valence-corrected chi connectivity index (χ1v) is 10.8. The summed E-state index contributed by atoms with van der Waals surface area (Å²) in [7, 11) is 1.68. The van der Waals surface area contributed by atoms with Crippen LogP contribution in [-0.4, -0.2) is 28.6 Å². The van der Waals surface area contributed by atoms with Crippen LogP contribution in [0.3, 0.4) is 0 Å². The van der Waals surface area contributed by atoms with Crippen molar-refractivity contribution in [3.63, 3.8) is 0 Å². The van der Waals surface area contributed by atoms with Crippen molar-refractivity contribution in [2.75, 3.05) is 13.7 Å². The Bertz CT molecular complexity index is 1180. The van der Waals surface area contributed by atoms with E-state index in [1.807, 2.05) is 48.5 Å². The molecule has 0 aliphatic rings. The molecule has 0 fully saturated rings. The lowest BCUT2D eigenvalue weighted by atomic mass is 10.1. The van der Waals surface area contributed by atoms with Crippen LogP contribution in [-0.2, 0) is 19.5 Å². The van der Waals surface area contributed by atoms with Crippen LogP contribution < -0.4 is 10.1 Å². The van der Waals surface area contributed by atoms with Crippen molar-refractivity contribution in [3.05, 3.63) is 100 Å². The first-order chi connectivity index (χ1) is 15.6. The lowest BCUT2D eigenvalue weighted by Gasteiger charge is -2.08. The highest BCUT2D eigenvalue weighted by Crippen LogP contribution is 2.22. The van der Waals surface area contributed by atoms with Gasteiger partial charge in [-0.15, -0.1) is 0 Å². The molecule has 0 atom stereocenters. The lowest BCUT2D eigenvalue weighted by molar-refractivity contribution is 0.409. The molecule has 0 spiro atoms. The highest BCUT2D eigenvalue weighted by atomic mass is 35.5. The van der Waals surface area contributed by atoms with Crippen LogP contribution in [0.15, 0.2) is 72.8 Å². The SMILES string of the molecule is COc1ccccc1CCNCc1nn(Cc2ccc(F)cc2Cl)nc1-c1ccccc1.